The Morgan fingerprint density at radius 1 is 1.00 bits per heavy atom. The molecule has 0 saturated carbocycles. The molecule has 5 rings (SSSR count). The average Bonchev–Trinajstić information content (AvgIpc) is 3.34. The van der Waals surface area contributed by atoms with Crippen molar-refractivity contribution in [1.82, 2.24) is 16.0 Å². The monoisotopic (exact) mass is 580 g/mol. The lowest BCUT2D eigenvalue weighted by molar-refractivity contribution is -0.142. The molecule has 3 aromatic rings. The van der Waals surface area contributed by atoms with Crippen molar-refractivity contribution in [3.8, 4) is 0 Å². The molecule has 2 aliphatic rings. The summed E-state index contributed by atoms with van der Waals surface area (Å²) in [4.78, 5) is 40.5. The van der Waals surface area contributed by atoms with Crippen LogP contribution in [-0.4, -0.2) is 50.7 Å². The lowest BCUT2D eigenvalue weighted by Gasteiger charge is -2.42. The SMILES string of the molecule is COC(=O)[C@H](CNC(=O)N[C@@H]1CCc2ccccc21)NC(=O)c1c(Cl)ccc(N2CC(c3ccccc3)C2)c1Cl. The highest BCUT2D eigenvalue weighted by Crippen LogP contribution is 2.39. The van der Waals surface area contributed by atoms with E-state index in [9.17, 15) is 14.4 Å². The number of amides is 3. The van der Waals surface area contributed by atoms with Crippen molar-refractivity contribution in [1.29, 1.82) is 0 Å². The maximum atomic E-state index is 13.3. The number of halogens is 2. The summed E-state index contributed by atoms with van der Waals surface area (Å²) in [7, 11) is 1.21. The van der Waals surface area contributed by atoms with Crippen molar-refractivity contribution in [3.63, 3.8) is 0 Å². The quantitative estimate of drug-likeness (QED) is 0.330. The van der Waals surface area contributed by atoms with Gasteiger partial charge in [-0.3, -0.25) is 4.79 Å². The van der Waals surface area contributed by atoms with Crippen LogP contribution in [0.25, 0.3) is 0 Å². The Kier molecular flexibility index (Phi) is 8.47. The molecule has 40 heavy (non-hydrogen) atoms. The van der Waals surface area contributed by atoms with E-state index >= 15 is 0 Å². The molecule has 3 N–H and O–H groups in total. The van der Waals surface area contributed by atoms with Crippen LogP contribution in [0.15, 0.2) is 66.7 Å². The average molecular weight is 582 g/mol. The second kappa shape index (κ2) is 12.2. The van der Waals surface area contributed by atoms with Gasteiger partial charge in [0.05, 0.1) is 41.0 Å². The Labute approximate surface area is 243 Å². The molecule has 1 saturated heterocycles. The zero-order chi connectivity index (χ0) is 28.2. The van der Waals surface area contributed by atoms with Gasteiger partial charge in [-0.1, -0.05) is 77.8 Å². The number of rotatable bonds is 8. The molecule has 1 aliphatic carbocycles. The molecule has 3 aromatic carbocycles. The predicted octanol–water partition coefficient (Wildman–Crippen LogP) is 4.86. The Hall–Kier alpha value is -3.75. The Morgan fingerprint density at radius 3 is 2.48 bits per heavy atom. The van der Waals surface area contributed by atoms with Gasteiger partial charge in [0.25, 0.3) is 5.91 Å². The Balaban J connectivity index is 1.22. The highest BCUT2D eigenvalue weighted by atomic mass is 35.5. The van der Waals surface area contributed by atoms with Gasteiger partial charge in [0.2, 0.25) is 0 Å². The number of urea groups is 1. The van der Waals surface area contributed by atoms with Gasteiger partial charge in [-0.2, -0.15) is 0 Å². The first-order valence-electron chi connectivity index (χ1n) is 13.1. The van der Waals surface area contributed by atoms with Crippen LogP contribution in [0.1, 0.15) is 45.4 Å². The minimum Gasteiger partial charge on any atom is -0.467 e. The second-order valence-corrected chi connectivity index (χ2v) is 10.7. The summed E-state index contributed by atoms with van der Waals surface area (Å²) < 4.78 is 4.86. The van der Waals surface area contributed by atoms with E-state index < -0.39 is 23.9 Å². The van der Waals surface area contributed by atoms with Crippen LogP contribution in [-0.2, 0) is 16.0 Å². The first-order valence-corrected chi connectivity index (χ1v) is 13.9. The fourth-order valence-corrected chi connectivity index (χ4v) is 5.94. The third kappa shape index (κ3) is 5.88. The molecule has 1 fully saturated rings. The summed E-state index contributed by atoms with van der Waals surface area (Å²) in [5, 5.41) is 8.58. The zero-order valence-corrected chi connectivity index (χ0v) is 23.5. The van der Waals surface area contributed by atoms with E-state index in [2.05, 4.69) is 33.0 Å². The topological polar surface area (TPSA) is 99.8 Å². The fourth-order valence-electron chi connectivity index (χ4n) is 5.28. The molecule has 0 spiro atoms. The van der Waals surface area contributed by atoms with Gasteiger partial charge in [0.1, 0.15) is 6.04 Å². The molecule has 0 aromatic heterocycles. The number of aryl methyl sites for hydroxylation is 1. The van der Waals surface area contributed by atoms with Gasteiger partial charge in [0, 0.05) is 19.0 Å². The third-order valence-corrected chi connectivity index (χ3v) is 8.18. The number of fused-ring (bicyclic) bond motifs is 1. The molecular formula is C30H30Cl2N4O4. The normalized spacial score (nSPS) is 16.9. The first-order chi connectivity index (χ1) is 19.4. The maximum Gasteiger partial charge on any atom is 0.330 e. The van der Waals surface area contributed by atoms with Gasteiger partial charge in [-0.25, -0.2) is 9.59 Å². The fraction of sp³-hybridized carbons (Fsp3) is 0.300. The van der Waals surface area contributed by atoms with Crippen molar-refractivity contribution in [2.24, 2.45) is 0 Å². The molecule has 1 heterocycles. The van der Waals surface area contributed by atoms with Gasteiger partial charge < -0.3 is 25.6 Å². The minimum atomic E-state index is -1.15. The van der Waals surface area contributed by atoms with Gasteiger partial charge in [-0.05, 0) is 41.7 Å². The molecule has 0 radical (unpaired) electrons. The highest BCUT2D eigenvalue weighted by Gasteiger charge is 2.32. The summed E-state index contributed by atoms with van der Waals surface area (Å²) in [5.41, 5.74) is 4.28. The van der Waals surface area contributed by atoms with Crippen LogP contribution in [0.4, 0.5) is 10.5 Å². The number of carbonyl (C=O) groups excluding carboxylic acids is 3. The molecule has 2 atom stereocenters. The van der Waals surface area contributed by atoms with Crippen molar-refractivity contribution in [2.75, 3.05) is 31.6 Å². The molecule has 3 amide bonds. The summed E-state index contributed by atoms with van der Waals surface area (Å²) in [5.74, 6) is -0.986. The van der Waals surface area contributed by atoms with Crippen molar-refractivity contribution in [2.45, 2.75) is 30.8 Å². The second-order valence-electron chi connectivity index (χ2n) is 9.96. The number of ether oxygens (including phenoxy) is 1. The number of methoxy groups -OCH3 is 1. The molecule has 1 aliphatic heterocycles. The van der Waals surface area contributed by atoms with E-state index in [0.717, 1.165) is 31.5 Å². The number of hydrogen-bond donors (Lipinski definition) is 3. The molecular weight excluding hydrogens is 551 g/mol. The van der Waals surface area contributed by atoms with Gasteiger partial charge >= 0.3 is 12.0 Å². The zero-order valence-electron chi connectivity index (χ0n) is 22.0. The smallest absolute Gasteiger partial charge is 0.330 e. The Bertz CT molecular complexity index is 1410. The van der Waals surface area contributed by atoms with E-state index in [1.54, 1.807) is 12.1 Å². The van der Waals surface area contributed by atoms with E-state index in [-0.39, 0.29) is 28.2 Å². The standard InChI is InChI=1S/C30H30Cl2N4O4/c1-40-29(38)24(15-33-30(39)35-23-13-11-19-9-5-6-10-21(19)23)34-28(37)26-22(31)12-14-25(27(26)32)36-16-20(17-36)18-7-3-2-4-8-18/h2-10,12,14,20,23-24H,11,13,15-17H2,1H3,(H,34,37)(H2,33,35,39)/t23-,24+/m1/s1. The van der Waals surface area contributed by atoms with Crippen LogP contribution in [0.5, 0.6) is 0 Å². The summed E-state index contributed by atoms with van der Waals surface area (Å²) in [6.07, 6.45) is 1.67. The largest absolute Gasteiger partial charge is 0.467 e. The summed E-state index contributed by atoms with van der Waals surface area (Å²) in [6, 6.07) is 19.8. The van der Waals surface area contributed by atoms with Crippen molar-refractivity contribution >= 4 is 46.8 Å². The molecule has 208 valence electrons. The van der Waals surface area contributed by atoms with Gasteiger partial charge in [0.15, 0.2) is 0 Å². The first kappa shape index (κ1) is 27.8. The molecule has 0 bridgehead atoms. The lowest BCUT2D eigenvalue weighted by Crippen LogP contribution is -2.51. The molecule has 10 heteroatoms. The van der Waals surface area contributed by atoms with E-state index in [1.165, 1.54) is 18.2 Å². The predicted molar refractivity (Wildman–Crippen MR) is 155 cm³/mol. The minimum absolute atomic E-state index is 0.0601. The Morgan fingerprint density at radius 2 is 1.73 bits per heavy atom. The van der Waals surface area contributed by atoms with Crippen LogP contribution in [0, 0.1) is 0 Å². The van der Waals surface area contributed by atoms with E-state index in [0.29, 0.717) is 11.6 Å². The third-order valence-electron chi connectivity index (χ3n) is 7.49. The van der Waals surface area contributed by atoms with Gasteiger partial charge in [-0.15, -0.1) is 0 Å². The number of nitrogens with zero attached hydrogens (tertiary/aromatic N) is 1. The van der Waals surface area contributed by atoms with Crippen molar-refractivity contribution in [3.05, 3.63) is 99.0 Å². The van der Waals surface area contributed by atoms with Crippen LogP contribution < -0.4 is 20.9 Å². The highest BCUT2D eigenvalue weighted by molar-refractivity contribution is 6.41. The van der Waals surface area contributed by atoms with Crippen LogP contribution >= 0.6 is 23.2 Å². The number of nitrogens with one attached hydrogen (secondary N) is 3. The number of anilines is 1. The van der Waals surface area contributed by atoms with Crippen molar-refractivity contribution < 1.29 is 19.1 Å². The van der Waals surface area contributed by atoms with E-state index in [1.807, 2.05) is 42.5 Å². The number of esters is 1. The number of benzene rings is 3. The van der Waals surface area contributed by atoms with Crippen LogP contribution in [0.3, 0.4) is 0 Å². The van der Waals surface area contributed by atoms with Crippen LogP contribution in [0.2, 0.25) is 10.0 Å². The summed E-state index contributed by atoms with van der Waals surface area (Å²) >= 11 is 13.1. The number of carbonyl (C=O) groups is 3. The molecule has 0 unspecified atom stereocenters. The number of hydrogen-bond acceptors (Lipinski definition) is 5. The summed E-state index contributed by atoms with van der Waals surface area (Å²) in [6.45, 7) is 1.32. The lowest BCUT2D eigenvalue weighted by atomic mass is 9.91. The van der Waals surface area contributed by atoms with E-state index in [4.69, 9.17) is 27.9 Å². The maximum absolute atomic E-state index is 13.3. The molecule has 8 nitrogen and oxygen atoms in total.